The molecule has 0 atom stereocenters. The van der Waals surface area contributed by atoms with Crippen LogP contribution in [-0.4, -0.2) is 16.9 Å². The summed E-state index contributed by atoms with van der Waals surface area (Å²) in [5.74, 6) is -0.496. The summed E-state index contributed by atoms with van der Waals surface area (Å²) in [6.45, 7) is 0. The first kappa shape index (κ1) is 19.4. The van der Waals surface area contributed by atoms with E-state index in [4.69, 9.17) is 17.3 Å². The number of halogens is 1. The van der Waals surface area contributed by atoms with Crippen LogP contribution in [0.1, 0.15) is 10.4 Å². The van der Waals surface area contributed by atoms with Crippen LogP contribution in [0.15, 0.2) is 84.9 Å². The van der Waals surface area contributed by atoms with E-state index in [0.717, 1.165) is 10.6 Å². The molecule has 0 aliphatic carbocycles. The molecule has 3 N–H and O–H groups in total. The summed E-state index contributed by atoms with van der Waals surface area (Å²) in [5.41, 5.74) is 11.0. The van der Waals surface area contributed by atoms with Gasteiger partial charge in [0.25, 0.3) is 5.91 Å². The first-order valence-corrected chi connectivity index (χ1v) is 9.52. The normalized spacial score (nSPS) is 10.6. The highest BCUT2D eigenvalue weighted by Crippen LogP contribution is 2.25. The largest absolute Gasteiger partial charge is 0.350 e. The first-order chi connectivity index (χ1) is 14.5. The highest BCUT2D eigenvalue weighted by molar-refractivity contribution is 6.31. The minimum atomic E-state index is -0.840. The number of benzene rings is 3. The first-order valence-electron chi connectivity index (χ1n) is 9.14. The number of para-hydroxylation sites is 1. The van der Waals surface area contributed by atoms with Crippen LogP contribution >= 0.6 is 11.6 Å². The van der Waals surface area contributed by atoms with Crippen molar-refractivity contribution in [3.63, 3.8) is 0 Å². The number of hydrazine groups is 1. The molecule has 30 heavy (non-hydrogen) atoms. The molecule has 3 amide bonds. The molecule has 6 nitrogen and oxygen atoms in total. The van der Waals surface area contributed by atoms with E-state index in [1.807, 2.05) is 48.5 Å². The highest BCUT2D eigenvalue weighted by atomic mass is 35.5. The minimum absolute atomic E-state index is 0.352. The van der Waals surface area contributed by atoms with Crippen LogP contribution in [-0.2, 0) is 0 Å². The number of fused-ring (bicyclic) bond motifs is 1. The van der Waals surface area contributed by atoms with E-state index in [2.05, 4.69) is 10.4 Å². The van der Waals surface area contributed by atoms with Gasteiger partial charge in [-0.05, 0) is 30.3 Å². The van der Waals surface area contributed by atoms with Crippen molar-refractivity contribution in [1.29, 1.82) is 0 Å². The molecule has 0 saturated carbocycles. The average molecular weight is 417 g/mol. The number of pyridine rings is 1. The molecule has 0 aliphatic rings. The Hall–Kier alpha value is -3.90. The van der Waals surface area contributed by atoms with Gasteiger partial charge in [-0.25, -0.2) is 14.8 Å². The Bertz CT molecular complexity index is 1240. The van der Waals surface area contributed by atoms with Crippen molar-refractivity contribution in [2.24, 2.45) is 5.73 Å². The summed E-state index contributed by atoms with van der Waals surface area (Å²) in [5, 5.41) is 2.03. The van der Waals surface area contributed by atoms with E-state index in [9.17, 15) is 9.59 Å². The second-order valence-electron chi connectivity index (χ2n) is 6.53. The molecule has 1 aromatic heterocycles. The van der Waals surface area contributed by atoms with E-state index < -0.39 is 11.9 Å². The molecule has 3 aromatic carbocycles. The van der Waals surface area contributed by atoms with E-state index in [1.54, 1.807) is 30.3 Å². The highest BCUT2D eigenvalue weighted by Gasteiger charge is 2.20. The molecule has 4 rings (SSSR count). The second-order valence-corrected chi connectivity index (χ2v) is 6.97. The molecule has 0 spiro atoms. The van der Waals surface area contributed by atoms with Crippen LogP contribution in [0.2, 0.25) is 5.02 Å². The Morgan fingerprint density at radius 2 is 1.63 bits per heavy atom. The van der Waals surface area contributed by atoms with Gasteiger partial charge in [0.1, 0.15) is 0 Å². The standard InChI is InChI=1S/C23H17ClN4O2/c24-16-9-6-10-17(13-16)28(23(25)30)27-22(29)19-14-21(15-7-2-1-3-8-15)26-20-12-5-4-11-18(19)20/h1-14H,(H2,25,30)(H,27,29). The Labute approximate surface area is 177 Å². The topological polar surface area (TPSA) is 88.3 Å². The molecular weight excluding hydrogens is 400 g/mol. The average Bonchev–Trinajstić information content (AvgIpc) is 2.77. The van der Waals surface area contributed by atoms with Crippen LogP contribution in [0.25, 0.3) is 22.2 Å². The lowest BCUT2D eigenvalue weighted by atomic mass is 10.0. The van der Waals surface area contributed by atoms with Gasteiger partial charge in [0, 0.05) is 16.0 Å². The summed E-state index contributed by atoms with van der Waals surface area (Å²) < 4.78 is 0. The van der Waals surface area contributed by atoms with Crippen molar-refractivity contribution in [2.75, 3.05) is 5.01 Å². The number of nitrogens with two attached hydrogens (primary N) is 1. The Morgan fingerprint density at radius 1 is 0.900 bits per heavy atom. The number of primary amides is 1. The monoisotopic (exact) mass is 416 g/mol. The van der Waals surface area contributed by atoms with Gasteiger partial charge >= 0.3 is 6.03 Å². The lowest BCUT2D eigenvalue weighted by molar-refractivity contribution is 0.0952. The molecule has 148 valence electrons. The van der Waals surface area contributed by atoms with E-state index >= 15 is 0 Å². The zero-order valence-electron chi connectivity index (χ0n) is 15.7. The van der Waals surface area contributed by atoms with E-state index in [-0.39, 0.29) is 0 Å². The molecule has 4 aromatic rings. The second kappa shape index (κ2) is 8.23. The Balaban J connectivity index is 1.77. The summed E-state index contributed by atoms with van der Waals surface area (Å²) >= 11 is 6.01. The number of nitrogens with one attached hydrogen (secondary N) is 1. The summed E-state index contributed by atoms with van der Waals surface area (Å²) in [6, 6.07) is 24.2. The molecule has 1 heterocycles. The fourth-order valence-corrected chi connectivity index (χ4v) is 3.33. The number of anilines is 1. The molecule has 0 aliphatic heterocycles. The molecule has 0 fully saturated rings. The molecule has 0 radical (unpaired) electrons. The van der Waals surface area contributed by atoms with Crippen molar-refractivity contribution >= 4 is 40.1 Å². The molecule has 7 heteroatoms. The third kappa shape index (κ3) is 3.94. The fraction of sp³-hybridized carbons (Fsp3) is 0. The third-order valence-electron chi connectivity index (χ3n) is 4.53. The van der Waals surface area contributed by atoms with Crippen molar-refractivity contribution in [2.45, 2.75) is 0 Å². The maximum absolute atomic E-state index is 13.2. The van der Waals surface area contributed by atoms with Gasteiger partial charge in [0.15, 0.2) is 0 Å². The van der Waals surface area contributed by atoms with Crippen molar-refractivity contribution in [1.82, 2.24) is 10.4 Å². The maximum Gasteiger partial charge on any atom is 0.338 e. The fourth-order valence-electron chi connectivity index (χ4n) is 3.14. The zero-order chi connectivity index (χ0) is 21.1. The number of rotatable bonds is 3. The Kier molecular flexibility index (Phi) is 5.32. The van der Waals surface area contributed by atoms with Gasteiger partial charge < -0.3 is 5.73 Å². The molecular formula is C23H17ClN4O2. The number of hydrogen-bond acceptors (Lipinski definition) is 3. The molecule has 0 saturated heterocycles. The minimum Gasteiger partial charge on any atom is -0.350 e. The predicted molar refractivity (Wildman–Crippen MR) is 118 cm³/mol. The number of carbonyl (C=O) groups is 2. The molecule has 0 unspecified atom stereocenters. The lowest BCUT2D eigenvalue weighted by Crippen LogP contribution is -2.49. The smallest absolute Gasteiger partial charge is 0.338 e. The number of carbonyl (C=O) groups excluding carboxylic acids is 2. The number of hydrogen-bond donors (Lipinski definition) is 2. The van der Waals surface area contributed by atoms with Gasteiger partial charge in [-0.2, -0.15) is 0 Å². The number of nitrogens with zero attached hydrogens (tertiary/aromatic N) is 2. The quantitative estimate of drug-likeness (QED) is 0.471. The number of amides is 3. The zero-order valence-corrected chi connectivity index (χ0v) is 16.5. The van der Waals surface area contributed by atoms with Crippen LogP contribution in [0.4, 0.5) is 10.5 Å². The van der Waals surface area contributed by atoms with Gasteiger partial charge in [-0.1, -0.05) is 66.2 Å². The number of aromatic nitrogens is 1. The van der Waals surface area contributed by atoms with Gasteiger partial charge in [-0.15, -0.1) is 0 Å². The molecule has 0 bridgehead atoms. The lowest BCUT2D eigenvalue weighted by Gasteiger charge is -2.22. The van der Waals surface area contributed by atoms with Crippen molar-refractivity contribution in [3.8, 4) is 11.3 Å². The van der Waals surface area contributed by atoms with Crippen LogP contribution in [0.5, 0.6) is 0 Å². The summed E-state index contributed by atoms with van der Waals surface area (Å²) in [6.07, 6.45) is 0. The van der Waals surface area contributed by atoms with E-state index in [0.29, 0.717) is 32.9 Å². The summed E-state index contributed by atoms with van der Waals surface area (Å²) in [4.78, 5) is 29.9. The van der Waals surface area contributed by atoms with Crippen LogP contribution in [0, 0.1) is 0 Å². The van der Waals surface area contributed by atoms with Gasteiger partial charge in [0.05, 0.1) is 22.5 Å². The van der Waals surface area contributed by atoms with Crippen LogP contribution in [0.3, 0.4) is 0 Å². The maximum atomic E-state index is 13.2. The van der Waals surface area contributed by atoms with E-state index in [1.165, 1.54) is 6.07 Å². The van der Waals surface area contributed by atoms with Crippen molar-refractivity contribution in [3.05, 3.63) is 95.5 Å². The van der Waals surface area contributed by atoms with Gasteiger partial charge in [-0.3, -0.25) is 10.2 Å². The number of urea groups is 1. The summed E-state index contributed by atoms with van der Waals surface area (Å²) in [7, 11) is 0. The van der Waals surface area contributed by atoms with Gasteiger partial charge in [0.2, 0.25) is 0 Å². The predicted octanol–water partition coefficient (Wildman–Crippen LogP) is 4.79. The Morgan fingerprint density at radius 3 is 2.37 bits per heavy atom. The van der Waals surface area contributed by atoms with Crippen LogP contribution < -0.4 is 16.2 Å². The SMILES string of the molecule is NC(=O)N(NC(=O)c1cc(-c2ccccc2)nc2ccccc12)c1cccc(Cl)c1. The van der Waals surface area contributed by atoms with Crippen molar-refractivity contribution < 1.29 is 9.59 Å². The third-order valence-corrected chi connectivity index (χ3v) is 4.77.